The number of piperazine rings is 1. The minimum Gasteiger partial charge on any atom is -0.367 e. The molecule has 0 bridgehead atoms. The molecule has 0 aliphatic carbocycles. The number of amides is 1. The van der Waals surface area contributed by atoms with Gasteiger partial charge >= 0.3 is 0 Å². The molecule has 0 spiro atoms. The third-order valence-electron chi connectivity index (χ3n) is 4.87. The number of anilines is 1. The van der Waals surface area contributed by atoms with Gasteiger partial charge in [0, 0.05) is 55.1 Å². The van der Waals surface area contributed by atoms with Crippen LogP contribution in [0.15, 0.2) is 34.9 Å². The van der Waals surface area contributed by atoms with Gasteiger partial charge in [0.05, 0.1) is 10.6 Å². The molecule has 0 N–H and O–H groups in total. The SMILES string of the molecule is Cc1cc(C(=O)N2CCN(c3cc(C)nc4c([N+](=O)[O-])cccc34)CC2)on1. The molecule has 1 amide bonds. The van der Waals surface area contributed by atoms with Crippen molar-refractivity contribution in [2.45, 2.75) is 13.8 Å². The minimum atomic E-state index is -0.408. The monoisotopic (exact) mass is 381 g/mol. The number of carbonyl (C=O) groups excluding carboxylic acids is 1. The van der Waals surface area contributed by atoms with E-state index in [1.165, 1.54) is 6.07 Å². The number of nitro groups is 1. The van der Waals surface area contributed by atoms with E-state index in [1.54, 1.807) is 24.0 Å². The first-order chi connectivity index (χ1) is 13.4. The van der Waals surface area contributed by atoms with E-state index in [-0.39, 0.29) is 17.4 Å². The summed E-state index contributed by atoms with van der Waals surface area (Å²) in [6, 6.07) is 8.55. The number of benzene rings is 1. The number of nitrogens with zero attached hydrogens (tertiary/aromatic N) is 5. The third kappa shape index (κ3) is 3.15. The molecule has 1 saturated heterocycles. The molecule has 0 unspecified atom stereocenters. The zero-order valence-electron chi connectivity index (χ0n) is 15.6. The molecule has 9 heteroatoms. The van der Waals surface area contributed by atoms with Crippen LogP contribution in [0, 0.1) is 24.0 Å². The van der Waals surface area contributed by atoms with Crippen molar-refractivity contribution in [3.63, 3.8) is 0 Å². The number of hydrogen-bond acceptors (Lipinski definition) is 7. The first-order valence-corrected chi connectivity index (χ1v) is 8.96. The van der Waals surface area contributed by atoms with Gasteiger partial charge in [-0.2, -0.15) is 0 Å². The highest BCUT2D eigenvalue weighted by Crippen LogP contribution is 2.32. The molecule has 144 valence electrons. The van der Waals surface area contributed by atoms with Crippen molar-refractivity contribution < 1.29 is 14.2 Å². The van der Waals surface area contributed by atoms with E-state index in [2.05, 4.69) is 15.0 Å². The Kier molecular flexibility index (Phi) is 4.42. The van der Waals surface area contributed by atoms with E-state index in [0.717, 1.165) is 11.1 Å². The highest BCUT2D eigenvalue weighted by atomic mass is 16.6. The number of carbonyl (C=O) groups is 1. The Morgan fingerprint density at radius 1 is 1.14 bits per heavy atom. The summed E-state index contributed by atoms with van der Waals surface area (Å²) < 4.78 is 5.07. The van der Waals surface area contributed by atoms with Crippen LogP contribution in [0.5, 0.6) is 0 Å². The Morgan fingerprint density at radius 2 is 1.89 bits per heavy atom. The largest absolute Gasteiger partial charge is 0.367 e. The van der Waals surface area contributed by atoms with Crippen molar-refractivity contribution in [3.05, 3.63) is 57.6 Å². The lowest BCUT2D eigenvalue weighted by atomic mass is 10.1. The third-order valence-corrected chi connectivity index (χ3v) is 4.87. The molecule has 0 radical (unpaired) electrons. The second-order valence-electron chi connectivity index (χ2n) is 6.82. The zero-order chi connectivity index (χ0) is 19.8. The van der Waals surface area contributed by atoms with Crippen molar-refractivity contribution in [1.82, 2.24) is 15.0 Å². The normalized spacial score (nSPS) is 14.5. The fraction of sp³-hybridized carbons (Fsp3) is 0.316. The predicted octanol–water partition coefficient (Wildman–Crippen LogP) is 2.71. The highest BCUT2D eigenvalue weighted by Gasteiger charge is 2.26. The van der Waals surface area contributed by atoms with Crippen molar-refractivity contribution >= 4 is 28.2 Å². The van der Waals surface area contributed by atoms with Gasteiger partial charge < -0.3 is 14.3 Å². The quantitative estimate of drug-likeness (QED) is 0.507. The lowest BCUT2D eigenvalue weighted by Crippen LogP contribution is -2.48. The standard InChI is InChI=1S/C19H19N5O4/c1-12-10-16(14-4-3-5-15(24(26)27)18(14)20-12)22-6-8-23(9-7-22)19(25)17-11-13(2)21-28-17/h3-5,10-11H,6-9H2,1-2H3. The van der Waals surface area contributed by atoms with E-state index >= 15 is 0 Å². The van der Waals surface area contributed by atoms with E-state index in [4.69, 9.17) is 4.52 Å². The summed E-state index contributed by atoms with van der Waals surface area (Å²) in [5.41, 5.74) is 2.67. The first kappa shape index (κ1) is 17.9. The Hall–Kier alpha value is -3.49. The van der Waals surface area contributed by atoms with Gasteiger partial charge in [-0.15, -0.1) is 0 Å². The first-order valence-electron chi connectivity index (χ1n) is 8.96. The second kappa shape index (κ2) is 6.91. The molecular weight excluding hydrogens is 362 g/mol. The molecule has 4 rings (SSSR count). The second-order valence-corrected chi connectivity index (χ2v) is 6.82. The Morgan fingerprint density at radius 3 is 2.54 bits per heavy atom. The van der Waals surface area contributed by atoms with Gasteiger partial charge in [0.15, 0.2) is 5.52 Å². The van der Waals surface area contributed by atoms with Crippen molar-refractivity contribution in [3.8, 4) is 0 Å². The summed E-state index contributed by atoms with van der Waals surface area (Å²) in [5.74, 6) is 0.0680. The Bertz CT molecular complexity index is 1070. The van der Waals surface area contributed by atoms with E-state index in [9.17, 15) is 14.9 Å². The summed E-state index contributed by atoms with van der Waals surface area (Å²) in [7, 11) is 0. The zero-order valence-corrected chi connectivity index (χ0v) is 15.6. The molecule has 3 aromatic rings. The molecule has 3 heterocycles. The van der Waals surface area contributed by atoms with Crippen LogP contribution >= 0.6 is 0 Å². The van der Waals surface area contributed by atoms with E-state index in [0.29, 0.717) is 43.1 Å². The molecular formula is C19H19N5O4. The summed E-state index contributed by atoms with van der Waals surface area (Å²) in [5, 5.41) is 15.9. The number of rotatable bonds is 3. The Labute approximate surface area is 160 Å². The van der Waals surface area contributed by atoms with Crippen LogP contribution in [0.3, 0.4) is 0 Å². The van der Waals surface area contributed by atoms with Gasteiger partial charge in [-0.25, -0.2) is 4.98 Å². The Balaban J connectivity index is 1.60. The van der Waals surface area contributed by atoms with Crippen LogP contribution in [0.1, 0.15) is 21.9 Å². The van der Waals surface area contributed by atoms with Crippen molar-refractivity contribution in [2.24, 2.45) is 0 Å². The fourth-order valence-corrected chi connectivity index (χ4v) is 3.52. The van der Waals surface area contributed by atoms with Gasteiger partial charge in [-0.05, 0) is 19.9 Å². The molecule has 9 nitrogen and oxygen atoms in total. The topological polar surface area (TPSA) is 106 Å². The van der Waals surface area contributed by atoms with Gasteiger partial charge in [-0.1, -0.05) is 17.3 Å². The maximum atomic E-state index is 12.5. The number of aryl methyl sites for hydroxylation is 2. The number of non-ortho nitro benzene ring substituents is 1. The number of para-hydroxylation sites is 1. The summed E-state index contributed by atoms with van der Waals surface area (Å²) in [4.78, 5) is 31.7. The summed E-state index contributed by atoms with van der Waals surface area (Å²) in [6.45, 7) is 5.87. The van der Waals surface area contributed by atoms with E-state index < -0.39 is 4.92 Å². The molecule has 2 aromatic heterocycles. The average Bonchev–Trinajstić information content (AvgIpc) is 3.12. The number of pyridine rings is 1. The maximum absolute atomic E-state index is 12.5. The number of hydrogen-bond donors (Lipinski definition) is 0. The lowest BCUT2D eigenvalue weighted by Gasteiger charge is -2.36. The molecule has 0 saturated carbocycles. The van der Waals surface area contributed by atoms with Gasteiger partial charge in [0.1, 0.15) is 0 Å². The predicted molar refractivity (Wildman–Crippen MR) is 102 cm³/mol. The molecule has 1 aromatic carbocycles. The van der Waals surface area contributed by atoms with Gasteiger partial charge in [0.25, 0.3) is 11.6 Å². The maximum Gasteiger partial charge on any atom is 0.295 e. The number of fused-ring (bicyclic) bond motifs is 1. The molecule has 28 heavy (non-hydrogen) atoms. The number of nitro benzene ring substituents is 1. The highest BCUT2D eigenvalue weighted by molar-refractivity contribution is 5.97. The fourth-order valence-electron chi connectivity index (χ4n) is 3.52. The molecule has 1 aliphatic rings. The smallest absolute Gasteiger partial charge is 0.295 e. The van der Waals surface area contributed by atoms with Crippen molar-refractivity contribution in [2.75, 3.05) is 31.1 Å². The van der Waals surface area contributed by atoms with Crippen LogP contribution < -0.4 is 4.90 Å². The van der Waals surface area contributed by atoms with Crippen LogP contribution in [-0.2, 0) is 0 Å². The summed E-state index contributed by atoms with van der Waals surface area (Å²) in [6.07, 6.45) is 0. The average molecular weight is 381 g/mol. The van der Waals surface area contributed by atoms with Gasteiger partial charge in [-0.3, -0.25) is 14.9 Å². The van der Waals surface area contributed by atoms with Crippen molar-refractivity contribution in [1.29, 1.82) is 0 Å². The molecule has 0 atom stereocenters. The number of aromatic nitrogens is 2. The van der Waals surface area contributed by atoms with Crippen LogP contribution in [0.25, 0.3) is 10.9 Å². The molecule has 1 fully saturated rings. The molecule has 1 aliphatic heterocycles. The lowest BCUT2D eigenvalue weighted by molar-refractivity contribution is -0.383. The minimum absolute atomic E-state index is 0.00282. The summed E-state index contributed by atoms with van der Waals surface area (Å²) >= 11 is 0. The van der Waals surface area contributed by atoms with Gasteiger partial charge in [0.2, 0.25) is 5.76 Å². The van der Waals surface area contributed by atoms with E-state index in [1.807, 2.05) is 19.1 Å². The van der Waals surface area contributed by atoms with Crippen LogP contribution in [0.2, 0.25) is 0 Å². The van der Waals surface area contributed by atoms with Crippen LogP contribution in [-0.4, -0.2) is 52.1 Å². The van der Waals surface area contributed by atoms with Crippen LogP contribution in [0.4, 0.5) is 11.4 Å².